The second kappa shape index (κ2) is 10.2. The van der Waals surface area contributed by atoms with Gasteiger partial charge in [-0.3, -0.25) is 0 Å². The molecule has 0 bridgehead atoms. The van der Waals surface area contributed by atoms with Gasteiger partial charge in [0.05, 0.1) is 6.61 Å². The molecule has 0 radical (unpaired) electrons. The van der Waals surface area contributed by atoms with Gasteiger partial charge in [-0.1, -0.05) is 67.8 Å². The van der Waals surface area contributed by atoms with Crippen molar-refractivity contribution in [3.8, 4) is 5.75 Å². The first-order chi connectivity index (χ1) is 9.24. The number of unbranched alkanes of at least 4 members (excludes halogenated alkanes) is 7. The van der Waals surface area contributed by atoms with Crippen molar-refractivity contribution in [1.82, 2.24) is 0 Å². The molecule has 0 aliphatic heterocycles. The number of hydrogen-bond donors (Lipinski definition) is 0. The summed E-state index contributed by atoms with van der Waals surface area (Å²) in [5, 5.41) is 0. The highest BCUT2D eigenvalue weighted by molar-refractivity contribution is 9.10. The lowest BCUT2D eigenvalue weighted by atomic mass is 10.1. The Hall–Kier alpha value is -0.570. The zero-order valence-electron chi connectivity index (χ0n) is 11.8. The van der Waals surface area contributed by atoms with Crippen molar-refractivity contribution in [3.63, 3.8) is 0 Å². The Morgan fingerprint density at radius 1 is 1.00 bits per heavy atom. The predicted octanol–water partition coefficient (Wildman–Crippen LogP) is 6.11. The molecule has 0 aliphatic rings. The Balaban J connectivity index is 2.01. The minimum Gasteiger partial charge on any atom is -0.491 e. The van der Waals surface area contributed by atoms with Crippen LogP contribution in [-0.4, -0.2) is 6.61 Å². The average Bonchev–Trinajstić information content (AvgIpc) is 2.39. The summed E-state index contributed by atoms with van der Waals surface area (Å²) in [6, 6.07) is 4.90. The van der Waals surface area contributed by atoms with E-state index in [9.17, 15) is 4.39 Å². The first kappa shape index (κ1) is 16.5. The summed E-state index contributed by atoms with van der Waals surface area (Å²) in [5.74, 6) is 0.0556. The highest BCUT2D eigenvalue weighted by atomic mass is 79.9. The molecular weight excluding hydrogens is 307 g/mol. The monoisotopic (exact) mass is 330 g/mol. The van der Waals surface area contributed by atoms with Gasteiger partial charge in [-0.25, -0.2) is 4.39 Å². The van der Waals surface area contributed by atoms with Gasteiger partial charge in [0.25, 0.3) is 0 Å². The van der Waals surface area contributed by atoms with Crippen LogP contribution in [0.3, 0.4) is 0 Å². The van der Waals surface area contributed by atoms with Gasteiger partial charge >= 0.3 is 0 Å². The highest BCUT2D eigenvalue weighted by Gasteiger charge is 2.03. The molecule has 3 heteroatoms. The van der Waals surface area contributed by atoms with Crippen LogP contribution in [0.4, 0.5) is 4.39 Å². The molecule has 108 valence electrons. The van der Waals surface area contributed by atoms with Crippen LogP contribution in [-0.2, 0) is 0 Å². The maximum Gasteiger partial charge on any atom is 0.166 e. The van der Waals surface area contributed by atoms with Gasteiger partial charge in [0.2, 0.25) is 0 Å². The third-order valence-corrected chi connectivity index (χ3v) is 3.64. The Bertz CT molecular complexity index is 355. The van der Waals surface area contributed by atoms with Gasteiger partial charge in [-0.2, -0.15) is 0 Å². The normalized spacial score (nSPS) is 10.7. The zero-order chi connectivity index (χ0) is 13.9. The standard InChI is InChI=1S/C16H24BrFO/c1-2-3-4-5-6-7-8-9-12-19-16-11-10-14(17)13-15(16)18/h10-11,13H,2-9,12H2,1H3. The molecule has 0 saturated heterocycles. The van der Waals surface area contributed by atoms with E-state index in [1.165, 1.54) is 51.0 Å². The number of hydrogen-bond acceptors (Lipinski definition) is 1. The maximum atomic E-state index is 13.4. The van der Waals surface area contributed by atoms with Crippen LogP contribution in [0.2, 0.25) is 0 Å². The molecule has 0 saturated carbocycles. The van der Waals surface area contributed by atoms with Crippen LogP contribution in [0, 0.1) is 5.82 Å². The first-order valence-corrected chi connectivity index (χ1v) is 8.11. The minimum atomic E-state index is -0.297. The smallest absolute Gasteiger partial charge is 0.166 e. The van der Waals surface area contributed by atoms with Crippen molar-refractivity contribution >= 4 is 15.9 Å². The fourth-order valence-electron chi connectivity index (χ4n) is 2.01. The van der Waals surface area contributed by atoms with Gasteiger partial charge in [0, 0.05) is 4.47 Å². The Morgan fingerprint density at radius 2 is 1.63 bits per heavy atom. The van der Waals surface area contributed by atoms with Crippen LogP contribution < -0.4 is 4.74 Å². The fraction of sp³-hybridized carbons (Fsp3) is 0.625. The van der Waals surface area contributed by atoms with Crippen LogP contribution in [0.25, 0.3) is 0 Å². The SMILES string of the molecule is CCCCCCCCCCOc1ccc(Br)cc1F. The molecule has 1 nitrogen and oxygen atoms in total. The van der Waals surface area contributed by atoms with Gasteiger partial charge in [-0.05, 0) is 24.6 Å². The third kappa shape index (κ3) is 7.56. The average molecular weight is 331 g/mol. The molecule has 0 N–H and O–H groups in total. The van der Waals surface area contributed by atoms with Crippen LogP contribution in [0.1, 0.15) is 58.3 Å². The lowest BCUT2D eigenvalue weighted by molar-refractivity contribution is 0.290. The Kier molecular flexibility index (Phi) is 8.89. The van der Waals surface area contributed by atoms with Crippen molar-refractivity contribution in [3.05, 3.63) is 28.5 Å². The van der Waals surface area contributed by atoms with E-state index in [4.69, 9.17) is 4.74 Å². The largest absolute Gasteiger partial charge is 0.491 e. The van der Waals surface area contributed by atoms with Gasteiger partial charge < -0.3 is 4.74 Å². The van der Waals surface area contributed by atoms with E-state index in [0.29, 0.717) is 12.4 Å². The number of halogens is 2. The number of ether oxygens (including phenoxy) is 1. The van der Waals surface area contributed by atoms with E-state index in [0.717, 1.165) is 10.9 Å². The van der Waals surface area contributed by atoms with Crippen molar-refractivity contribution in [2.75, 3.05) is 6.61 Å². The van der Waals surface area contributed by atoms with Crippen molar-refractivity contribution in [2.45, 2.75) is 58.3 Å². The number of rotatable bonds is 10. The maximum absolute atomic E-state index is 13.4. The van der Waals surface area contributed by atoms with Gasteiger partial charge in [0.1, 0.15) is 0 Å². The number of benzene rings is 1. The summed E-state index contributed by atoms with van der Waals surface area (Å²) < 4.78 is 19.6. The summed E-state index contributed by atoms with van der Waals surface area (Å²) in [7, 11) is 0. The fourth-order valence-corrected chi connectivity index (χ4v) is 2.34. The predicted molar refractivity (Wildman–Crippen MR) is 82.2 cm³/mol. The molecule has 1 aromatic carbocycles. The summed E-state index contributed by atoms with van der Waals surface area (Å²) in [5.41, 5.74) is 0. The Morgan fingerprint density at radius 3 is 2.26 bits per heavy atom. The molecule has 1 rings (SSSR count). The van der Waals surface area contributed by atoms with E-state index >= 15 is 0 Å². The molecule has 0 amide bonds. The summed E-state index contributed by atoms with van der Waals surface area (Å²) in [4.78, 5) is 0. The van der Waals surface area contributed by atoms with Crippen molar-refractivity contribution in [1.29, 1.82) is 0 Å². The van der Waals surface area contributed by atoms with E-state index < -0.39 is 0 Å². The van der Waals surface area contributed by atoms with E-state index in [1.807, 2.05) is 0 Å². The van der Waals surface area contributed by atoms with Crippen molar-refractivity contribution in [2.24, 2.45) is 0 Å². The van der Waals surface area contributed by atoms with Crippen LogP contribution in [0.5, 0.6) is 5.75 Å². The molecule has 0 atom stereocenters. The molecule has 0 fully saturated rings. The van der Waals surface area contributed by atoms with Crippen LogP contribution >= 0.6 is 15.9 Å². The quantitative estimate of drug-likeness (QED) is 0.470. The molecule has 19 heavy (non-hydrogen) atoms. The second-order valence-electron chi connectivity index (χ2n) is 4.90. The van der Waals surface area contributed by atoms with E-state index in [-0.39, 0.29) is 5.82 Å². The van der Waals surface area contributed by atoms with Gasteiger partial charge in [-0.15, -0.1) is 0 Å². The highest BCUT2D eigenvalue weighted by Crippen LogP contribution is 2.21. The molecule has 0 unspecified atom stereocenters. The first-order valence-electron chi connectivity index (χ1n) is 7.32. The molecular formula is C16H24BrFO. The second-order valence-corrected chi connectivity index (χ2v) is 5.81. The van der Waals surface area contributed by atoms with E-state index in [1.54, 1.807) is 12.1 Å². The molecule has 0 aromatic heterocycles. The zero-order valence-corrected chi connectivity index (χ0v) is 13.3. The molecule has 0 aliphatic carbocycles. The van der Waals surface area contributed by atoms with E-state index in [2.05, 4.69) is 22.9 Å². The minimum absolute atomic E-state index is 0.297. The molecule has 0 heterocycles. The molecule has 1 aromatic rings. The summed E-state index contributed by atoms with van der Waals surface area (Å²) >= 11 is 3.23. The lowest BCUT2D eigenvalue weighted by Crippen LogP contribution is -1.99. The lowest BCUT2D eigenvalue weighted by Gasteiger charge is -2.07. The van der Waals surface area contributed by atoms with Gasteiger partial charge in [0.15, 0.2) is 11.6 Å². The van der Waals surface area contributed by atoms with Crippen LogP contribution in [0.15, 0.2) is 22.7 Å². The topological polar surface area (TPSA) is 9.23 Å². The molecule has 0 spiro atoms. The summed E-state index contributed by atoms with van der Waals surface area (Å²) in [6.07, 6.45) is 10.1. The van der Waals surface area contributed by atoms with Crippen molar-refractivity contribution < 1.29 is 9.13 Å². The summed E-state index contributed by atoms with van der Waals surface area (Å²) in [6.45, 7) is 2.84. The Labute approximate surface area is 124 Å². The third-order valence-electron chi connectivity index (χ3n) is 3.15.